The molecule has 19 heavy (non-hydrogen) atoms. The lowest BCUT2D eigenvalue weighted by Crippen LogP contribution is -2.85. The lowest BCUT2D eigenvalue weighted by atomic mass is 10.0. The maximum absolute atomic E-state index is 12.1. The Morgan fingerprint density at radius 3 is 2.58 bits per heavy atom. The van der Waals surface area contributed by atoms with Gasteiger partial charge in [0.1, 0.15) is 0 Å². The third-order valence-corrected chi connectivity index (χ3v) is 3.78. The van der Waals surface area contributed by atoms with Gasteiger partial charge in [-0.05, 0) is 38.5 Å². The molecule has 0 radical (unpaired) electrons. The smallest absolute Gasteiger partial charge is 0.390 e. The molecule has 2 amide bonds. The van der Waals surface area contributed by atoms with Gasteiger partial charge in [0, 0.05) is 6.04 Å². The van der Waals surface area contributed by atoms with E-state index in [9.17, 15) is 4.79 Å². The van der Waals surface area contributed by atoms with E-state index in [0.717, 1.165) is 25.9 Å². The number of nitrogens with zero attached hydrogens (tertiary/aromatic N) is 2. The van der Waals surface area contributed by atoms with Crippen LogP contribution in [-0.2, 0) is 6.54 Å². The fourth-order valence-corrected chi connectivity index (χ4v) is 2.59. The summed E-state index contributed by atoms with van der Waals surface area (Å²) < 4.78 is 0. The van der Waals surface area contributed by atoms with Gasteiger partial charge in [-0.1, -0.05) is 30.3 Å². The van der Waals surface area contributed by atoms with Gasteiger partial charge in [-0.15, -0.1) is 7.05 Å². The summed E-state index contributed by atoms with van der Waals surface area (Å²) in [6.45, 7) is 2.79. The Morgan fingerprint density at radius 2 is 2.00 bits per heavy atom. The van der Waals surface area contributed by atoms with Crippen molar-refractivity contribution in [3.8, 4) is 0 Å². The Bertz CT molecular complexity index is 399. The maximum Gasteiger partial charge on any atom is 0.390 e. The number of hydrogen-bond donors (Lipinski definition) is 1. The number of benzene rings is 1. The molecule has 1 heterocycles. The Labute approximate surface area is 115 Å². The molecule has 2 rings (SSSR count). The summed E-state index contributed by atoms with van der Waals surface area (Å²) in [5.74, 6) is 0. The molecule has 1 aromatic rings. The number of amides is 2. The van der Waals surface area contributed by atoms with E-state index in [1.165, 1.54) is 10.9 Å². The summed E-state index contributed by atoms with van der Waals surface area (Å²) in [6.07, 6.45) is 2.09. The van der Waals surface area contributed by atoms with Crippen LogP contribution in [0.4, 0.5) is 4.79 Å². The Kier molecular flexibility index (Phi) is 4.93. The minimum atomic E-state index is 0.0402. The number of likely N-dealkylation sites (tertiary alicyclic amines) is 1. The molecule has 1 aliphatic rings. The van der Waals surface area contributed by atoms with E-state index in [0.29, 0.717) is 12.6 Å². The van der Waals surface area contributed by atoms with Gasteiger partial charge < -0.3 is 10.2 Å². The number of primary amides is 1. The van der Waals surface area contributed by atoms with Crippen molar-refractivity contribution in [2.45, 2.75) is 25.4 Å². The zero-order valence-corrected chi connectivity index (χ0v) is 11.6. The highest BCUT2D eigenvalue weighted by Gasteiger charge is 2.27. The summed E-state index contributed by atoms with van der Waals surface area (Å²) in [7, 11) is 5.76. The van der Waals surface area contributed by atoms with Crippen LogP contribution in [0.5, 0.6) is 0 Å². The van der Waals surface area contributed by atoms with Crippen molar-refractivity contribution in [1.82, 2.24) is 9.80 Å². The average Bonchev–Trinajstić information content (AvgIpc) is 2.46. The largest absolute Gasteiger partial charge is 0.395 e. The van der Waals surface area contributed by atoms with E-state index in [4.69, 9.17) is 0 Å². The summed E-state index contributed by atoms with van der Waals surface area (Å²) in [4.78, 5) is 16.4. The van der Waals surface area contributed by atoms with Crippen LogP contribution < -0.4 is 5.32 Å². The predicted octanol–water partition coefficient (Wildman–Crippen LogP) is 1.06. The molecule has 104 valence electrons. The summed E-state index contributed by atoms with van der Waals surface area (Å²) in [5.41, 5.74) is 1.18. The number of piperidine rings is 1. The first-order valence-corrected chi connectivity index (χ1v) is 6.86. The minimum absolute atomic E-state index is 0.0402. The van der Waals surface area contributed by atoms with Gasteiger partial charge in [0.25, 0.3) is 0 Å². The van der Waals surface area contributed by atoms with Crippen LogP contribution in [0.15, 0.2) is 30.3 Å². The Balaban J connectivity index is 2.06. The molecule has 4 nitrogen and oxygen atoms in total. The lowest BCUT2D eigenvalue weighted by Gasteiger charge is -2.36. The lowest BCUT2D eigenvalue weighted by molar-refractivity contribution is -0.499. The van der Waals surface area contributed by atoms with Crippen LogP contribution >= 0.6 is 0 Å². The number of rotatable bonds is 3. The van der Waals surface area contributed by atoms with Crippen molar-refractivity contribution < 1.29 is 10.1 Å². The Hall–Kier alpha value is -1.39. The van der Waals surface area contributed by atoms with E-state index in [2.05, 4.69) is 31.1 Å². The van der Waals surface area contributed by atoms with Gasteiger partial charge in [0.2, 0.25) is 0 Å². The van der Waals surface area contributed by atoms with E-state index in [-0.39, 0.29) is 6.03 Å². The van der Waals surface area contributed by atoms with Crippen molar-refractivity contribution in [3.05, 3.63) is 42.9 Å². The molecule has 0 spiro atoms. The third-order valence-electron chi connectivity index (χ3n) is 3.78. The molecular formula is C15H23N3O. The van der Waals surface area contributed by atoms with E-state index < -0.39 is 0 Å². The molecule has 1 aromatic carbocycles. The second kappa shape index (κ2) is 6.68. The SMILES string of the molecule is [CH2-][NH2+]C(=O)N(Cc1ccccc1)C1CCN(C)CC1. The number of carbonyl (C=O) groups excluding carboxylic acids is 1. The van der Waals surface area contributed by atoms with Crippen LogP contribution in [0.2, 0.25) is 0 Å². The number of quaternary nitrogens is 1. The number of nitrogens with two attached hydrogens (primary N) is 1. The average molecular weight is 261 g/mol. The van der Waals surface area contributed by atoms with E-state index in [1.54, 1.807) is 0 Å². The summed E-state index contributed by atoms with van der Waals surface area (Å²) in [5, 5.41) is 1.43. The molecule has 0 aromatic heterocycles. The molecular weight excluding hydrogens is 238 g/mol. The van der Waals surface area contributed by atoms with Crippen molar-refractivity contribution in [3.63, 3.8) is 0 Å². The molecule has 0 atom stereocenters. The molecule has 0 aliphatic carbocycles. The quantitative estimate of drug-likeness (QED) is 0.827. The van der Waals surface area contributed by atoms with Crippen LogP contribution in [0.25, 0.3) is 0 Å². The van der Waals surface area contributed by atoms with Gasteiger partial charge in [-0.25, -0.2) is 4.79 Å². The monoisotopic (exact) mass is 261 g/mol. The van der Waals surface area contributed by atoms with Gasteiger partial charge >= 0.3 is 6.03 Å². The Morgan fingerprint density at radius 1 is 1.37 bits per heavy atom. The molecule has 0 bridgehead atoms. The maximum atomic E-state index is 12.1. The van der Waals surface area contributed by atoms with Gasteiger partial charge in [-0.3, -0.25) is 4.90 Å². The molecule has 4 heteroatoms. The van der Waals surface area contributed by atoms with E-state index >= 15 is 0 Å². The van der Waals surface area contributed by atoms with E-state index in [1.807, 2.05) is 23.1 Å². The molecule has 0 unspecified atom stereocenters. The first-order chi connectivity index (χ1) is 9.20. The highest BCUT2D eigenvalue weighted by atomic mass is 16.2. The van der Waals surface area contributed by atoms with Crippen LogP contribution in [0.3, 0.4) is 0 Å². The van der Waals surface area contributed by atoms with Crippen LogP contribution in [-0.4, -0.2) is 42.0 Å². The zero-order chi connectivity index (χ0) is 13.7. The molecule has 0 saturated carbocycles. The van der Waals surface area contributed by atoms with Gasteiger partial charge in [0.15, 0.2) is 0 Å². The highest BCUT2D eigenvalue weighted by Crippen LogP contribution is 2.17. The summed E-state index contributed by atoms with van der Waals surface area (Å²) in [6, 6.07) is 10.5. The summed E-state index contributed by atoms with van der Waals surface area (Å²) >= 11 is 0. The fourth-order valence-electron chi connectivity index (χ4n) is 2.59. The molecule has 2 N–H and O–H groups in total. The topological polar surface area (TPSA) is 40.2 Å². The van der Waals surface area contributed by atoms with Gasteiger partial charge in [-0.2, -0.15) is 0 Å². The highest BCUT2D eigenvalue weighted by molar-refractivity contribution is 5.64. The standard InChI is InChI=1S/C15H23N3O/c1-16-15(19)18(12-13-6-4-3-5-7-13)14-8-10-17(2)11-9-14/h3-7,14H,1,8-12,16H2,2H3. The van der Waals surface area contributed by atoms with Gasteiger partial charge in [0.05, 0.1) is 6.54 Å². The van der Waals surface area contributed by atoms with Crippen LogP contribution in [0.1, 0.15) is 18.4 Å². The van der Waals surface area contributed by atoms with Crippen molar-refractivity contribution in [1.29, 1.82) is 0 Å². The number of hydrogen-bond acceptors (Lipinski definition) is 2. The molecule has 1 fully saturated rings. The second-order valence-electron chi connectivity index (χ2n) is 5.19. The first-order valence-electron chi connectivity index (χ1n) is 6.86. The van der Waals surface area contributed by atoms with Crippen molar-refractivity contribution in [2.24, 2.45) is 0 Å². The first kappa shape index (κ1) is 14.0. The molecule has 1 saturated heterocycles. The van der Waals surface area contributed by atoms with Crippen LogP contribution in [0, 0.1) is 7.05 Å². The minimum Gasteiger partial charge on any atom is -0.395 e. The van der Waals surface area contributed by atoms with Crippen molar-refractivity contribution in [2.75, 3.05) is 20.1 Å². The van der Waals surface area contributed by atoms with Crippen molar-refractivity contribution >= 4 is 6.03 Å². The third kappa shape index (κ3) is 3.78. The number of urea groups is 1. The normalized spacial score (nSPS) is 17.4. The number of carbonyl (C=O) groups is 1. The fraction of sp³-hybridized carbons (Fsp3) is 0.467. The second-order valence-corrected chi connectivity index (χ2v) is 5.19. The zero-order valence-electron chi connectivity index (χ0n) is 11.6. The molecule has 1 aliphatic heterocycles. The predicted molar refractivity (Wildman–Crippen MR) is 75.2 cm³/mol.